The number of ketones is 1. The molecule has 0 aromatic carbocycles. The fraction of sp³-hybridized carbons (Fsp3) is 0.636. The zero-order chi connectivity index (χ0) is 29.2. The van der Waals surface area contributed by atoms with Crippen molar-refractivity contribution in [1.82, 2.24) is 19.1 Å². The van der Waals surface area contributed by atoms with Gasteiger partial charge in [-0.1, -0.05) is 24.5 Å². The topological polar surface area (TPSA) is 159 Å². The lowest BCUT2D eigenvalue weighted by molar-refractivity contribution is -0.0546. The minimum atomic E-state index is -3.99. The number of hydrogen-bond acceptors (Lipinski definition) is 12. The summed E-state index contributed by atoms with van der Waals surface area (Å²) >= 11 is 8.01. The van der Waals surface area contributed by atoms with Gasteiger partial charge in [-0.15, -0.1) is 0 Å². The largest absolute Gasteiger partial charge is 0.386 e. The molecule has 4 rings (SSSR count). The summed E-state index contributed by atoms with van der Waals surface area (Å²) in [6.07, 6.45) is -0.821. The second kappa shape index (κ2) is 13.3. The number of thiol groups is 2. The summed E-state index contributed by atoms with van der Waals surface area (Å²) in [5.74, 6) is -0.172. The summed E-state index contributed by atoms with van der Waals surface area (Å²) in [6, 6.07) is 1.65. The number of carbonyl (C=O) groups is 1. The van der Waals surface area contributed by atoms with Gasteiger partial charge in [-0.05, 0) is 19.9 Å². The Kier molecular flexibility index (Phi) is 10.5. The molecule has 40 heavy (non-hydrogen) atoms. The summed E-state index contributed by atoms with van der Waals surface area (Å²) in [4.78, 5) is 32.2. The Morgan fingerprint density at radius 1 is 1.18 bits per heavy atom. The number of aromatic nitrogens is 4. The maximum atomic E-state index is 13.3. The smallest absolute Gasteiger partial charge is 0.382 e. The number of imidazole rings is 1. The molecule has 0 spiro atoms. The molecule has 14 nitrogen and oxygen atoms in total. The van der Waals surface area contributed by atoms with Gasteiger partial charge in [0.25, 0.3) is 0 Å². The molecule has 2 saturated heterocycles. The van der Waals surface area contributed by atoms with Crippen LogP contribution in [0.25, 0.3) is 0 Å². The second-order valence-corrected chi connectivity index (χ2v) is 14.2. The van der Waals surface area contributed by atoms with Gasteiger partial charge in [-0.3, -0.25) is 23.0 Å². The van der Waals surface area contributed by atoms with Gasteiger partial charge in [-0.25, -0.2) is 14.3 Å². The zero-order valence-electron chi connectivity index (χ0n) is 22.2. The highest BCUT2D eigenvalue weighted by Crippen LogP contribution is 2.56. The molecule has 2 aromatic rings. The molecule has 0 N–H and O–H groups in total. The lowest BCUT2D eigenvalue weighted by atomic mass is 10.2. The van der Waals surface area contributed by atoms with E-state index in [0.717, 1.165) is 0 Å². The summed E-state index contributed by atoms with van der Waals surface area (Å²) in [6.45, 7) is 0.730. The normalized spacial score (nSPS) is 28.9. The molecular weight excluding hydrogens is 606 g/mol. The number of aryl methyl sites for hydroxylation is 1. The molecule has 0 amide bonds. The van der Waals surface area contributed by atoms with Crippen LogP contribution in [-0.4, -0.2) is 69.6 Å². The first-order chi connectivity index (χ1) is 18.9. The number of nitrogens with zero attached hydrogens (tertiary/aromatic N) is 4. The first-order valence-corrected chi connectivity index (χ1v) is 17.6. The van der Waals surface area contributed by atoms with Crippen LogP contribution in [-0.2, 0) is 36.9 Å². The lowest BCUT2D eigenvalue weighted by Gasteiger charge is -2.23. The van der Waals surface area contributed by atoms with E-state index >= 15 is 0 Å². The Labute approximate surface area is 241 Å². The summed E-state index contributed by atoms with van der Waals surface area (Å²) in [7, 11) is -1.17. The number of rotatable bonds is 12. The van der Waals surface area contributed by atoms with Gasteiger partial charge < -0.3 is 23.3 Å². The average molecular weight is 639 g/mol. The van der Waals surface area contributed by atoms with Crippen molar-refractivity contribution < 1.29 is 41.7 Å². The molecule has 0 aliphatic carbocycles. The van der Waals surface area contributed by atoms with Gasteiger partial charge in [0, 0.05) is 44.5 Å². The van der Waals surface area contributed by atoms with Gasteiger partial charge in [0.1, 0.15) is 36.5 Å². The van der Waals surface area contributed by atoms with Crippen LogP contribution in [0.1, 0.15) is 54.1 Å². The van der Waals surface area contributed by atoms with Crippen molar-refractivity contribution in [1.29, 1.82) is 0 Å². The maximum Gasteiger partial charge on any atom is 0.386 e. The van der Waals surface area contributed by atoms with Crippen molar-refractivity contribution in [3.05, 3.63) is 46.2 Å². The van der Waals surface area contributed by atoms with E-state index in [0.29, 0.717) is 17.1 Å². The molecule has 2 aromatic heterocycles. The van der Waals surface area contributed by atoms with E-state index < -0.39 is 56.6 Å². The number of carbonyl (C=O) groups excluding carboxylic acids is 1. The summed E-state index contributed by atoms with van der Waals surface area (Å²) in [5, 5.41) is 0. The van der Waals surface area contributed by atoms with E-state index in [1.165, 1.54) is 24.9 Å². The minimum Gasteiger partial charge on any atom is -0.382 e. The van der Waals surface area contributed by atoms with Crippen LogP contribution >= 0.6 is 38.5 Å². The molecule has 222 valence electrons. The average Bonchev–Trinajstić information content (AvgIpc) is 3.54. The molecule has 0 bridgehead atoms. The number of hydrogen-bond donors (Lipinski definition) is 2. The molecular formula is C22H32N4O10P2S2. The first-order valence-electron chi connectivity index (χ1n) is 12.3. The van der Waals surface area contributed by atoms with E-state index in [4.69, 9.17) is 27.8 Å². The van der Waals surface area contributed by atoms with Gasteiger partial charge >= 0.3 is 12.5 Å². The van der Waals surface area contributed by atoms with Crippen LogP contribution in [0, 0.1) is 13.8 Å². The van der Waals surface area contributed by atoms with Crippen molar-refractivity contribution in [3.8, 4) is 0 Å². The van der Waals surface area contributed by atoms with Crippen molar-refractivity contribution in [2.75, 3.05) is 20.3 Å². The van der Waals surface area contributed by atoms with Crippen molar-refractivity contribution in [3.63, 3.8) is 0 Å². The van der Waals surface area contributed by atoms with E-state index in [1.807, 2.05) is 0 Å². The molecule has 2 fully saturated rings. The summed E-state index contributed by atoms with van der Waals surface area (Å²) in [5.41, 5.74) is 0.993. The van der Waals surface area contributed by atoms with Crippen molar-refractivity contribution in [2.24, 2.45) is 0 Å². The van der Waals surface area contributed by atoms with E-state index in [1.54, 1.807) is 30.7 Å². The van der Waals surface area contributed by atoms with Crippen LogP contribution in [0.15, 0.2) is 23.4 Å². The van der Waals surface area contributed by atoms with Crippen molar-refractivity contribution in [2.45, 2.75) is 70.5 Å². The molecule has 0 radical (unpaired) electrons. The van der Waals surface area contributed by atoms with Gasteiger partial charge in [0.05, 0.1) is 25.6 Å². The monoisotopic (exact) mass is 638 g/mol. The van der Waals surface area contributed by atoms with E-state index in [2.05, 4.69) is 34.5 Å². The van der Waals surface area contributed by atoms with Crippen LogP contribution in [0.4, 0.5) is 0 Å². The Hall–Kier alpha value is -1.32. The molecule has 2 aliphatic rings. The highest BCUT2D eigenvalue weighted by atomic mass is 32.7. The van der Waals surface area contributed by atoms with Gasteiger partial charge in [-0.2, -0.15) is 4.98 Å². The van der Waals surface area contributed by atoms with Crippen LogP contribution in [0.2, 0.25) is 0 Å². The number of ether oxygens (including phenoxy) is 3. The van der Waals surface area contributed by atoms with E-state index in [-0.39, 0.29) is 31.8 Å². The molecule has 4 heterocycles. The third-order valence-corrected chi connectivity index (χ3v) is 9.04. The number of Topliss-reactive ketones (excluding diaryl/α,β-unsaturated/α-hetero) is 1. The fourth-order valence-electron chi connectivity index (χ4n) is 4.72. The quantitative estimate of drug-likeness (QED) is 0.199. The Morgan fingerprint density at radius 2 is 1.82 bits per heavy atom. The third-order valence-electron chi connectivity index (χ3n) is 6.58. The molecule has 2 unspecified atom stereocenters. The Bertz CT molecular complexity index is 1360. The third kappa shape index (κ3) is 7.54. The molecule has 0 saturated carbocycles. The highest BCUT2D eigenvalue weighted by Gasteiger charge is 2.43. The van der Waals surface area contributed by atoms with Gasteiger partial charge in [0.15, 0.2) is 5.78 Å². The molecule has 2 aliphatic heterocycles. The van der Waals surface area contributed by atoms with Crippen LogP contribution < -0.4 is 5.69 Å². The van der Waals surface area contributed by atoms with Crippen molar-refractivity contribution >= 4 is 44.3 Å². The predicted molar refractivity (Wildman–Crippen MR) is 149 cm³/mol. The number of methoxy groups -OCH3 is 1. The zero-order valence-corrected chi connectivity index (χ0v) is 25.9. The summed E-state index contributed by atoms with van der Waals surface area (Å²) < 4.78 is 62.1. The highest BCUT2D eigenvalue weighted by molar-refractivity contribution is 8.44. The standard InChI is InChI=1S/C22H32N4O10P2S2/c1-12-5-6-25(22(28)24-12)19-7-15(35-37(29)39)18(34-19)10-32-38(30,40)36-16-8-20(33-17(16)9-31-4)26-11-23-21(13(26)2)14(3)27/h5-6,11,15-20,37H,7-10H2,1-4H3,(H,29,39)(H,30,40)/t15-,16-,17+,18+,19+,20+,38?/m0/s1. The fourth-order valence-corrected chi connectivity index (χ4v) is 7.15. The lowest BCUT2D eigenvalue weighted by Crippen LogP contribution is -2.30. The minimum absolute atomic E-state index is 0.140. The van der Waals surface area contributed by atoms with E-state index in [9.17, 15) is 18.7 Å². The molecule has 18 heteroatoms. The first kappa shape index (κ1) is 31.6. The Morgan fingerprint density at radius 3 is 2.42 bits per heavy atom. The molecule has 8 atom stereocenters. The van der Waals surface area contributed by atoms with Crippen LogP contribution in [0.3, 0.4) is 0 Å². The SMILES string of the molecule is COC[C@H]1O[C@@H](n2cnc(C(C)=O)c2C)C[C@@H]1OP(=O)(S)OC[C@H]1O[C@@H](n2ccc(C)nc2=O)C[C@@H]1O[PH](=O)S. The van der Waals surface area contributed by atoms with Crippen LogP contribution in [0.5, 0.6) is 0 Å². The second-order valence-electron chi connectivity index (χ2n) is 9.42. The predicted octanol–water partition coefficient (Wildman–Crippen LogP) is 3.33. The van der Waals surface area contributed by atoms with Gasteiger partial charge in [0.2, 0.25) is 7.23 Å². The maximum absolute atomic E-state index is 13.3. The Balaban J connectivity index is 1.43.